The molecule has 0 saturated carbocycles. The van der Waals surface area contributed by atoms with Crippen LogP contribution in [-0.2, 0) is 0 Å². The number of hydrogen-bond acceptors (Lipinski definition) is 1. The van der Waals surface area contributed by atoms with Gasteiger partial charge in [-0.2, -0.15) is 0 Å². The van der Waals surface area contributed by atoms with E-state index in [0.717, 1.165) is 13.0 Å². The molecule has 1 radical (unpaired) electrons. The van der Waals surface area contributed by atoms with E-state index in [9.17, 15) is 0 Å². The Kier molecular flexibility index (Phi) is 5.31. The molecular formula is C13H20N. The fourth-order valence-corrected chi connectivity index (χ4v) is 1.55. The molecule has 1 nitrogen and oxygen atoms in total. The summed E-state index contributed by atoms with van der Waals surface area (Å²) in [6.07, 6.45) is 3.63. The first-order valence-corrected chi connectivity index (χ1v) is 5.58. The normalized spacial score (nSPS) is 12.7. The van der Waals surface area contributed by atoms with Gasteiger partial charge in [0.1, 0.15) is 0 Å². The van der Waals surface area contributed by atoms with Gasteiger partial charge in [0.25, 0.3) is 0 Å². The average molecular weight is 190 g/mol. The Morgan fingerprint density at radius 1 is 1.36 bits per heavy atom. The van der Waals surface area contributed by atoms with Gasteiger partial charge in [0.05, 0.1) is 0 Å². The summed E-state index contributed by atoms with van der Waals surface area (Å²) >= 11 is 0. The van der Waals surface area contributed by atoms with Crippen LogP contribution in [0.25, 0.3) is 0 Å². The van der Waals surface area contributed by atoms with Crippen LogP contribution >= 0.6 is 0 Å². The van der Waals surface area contributed by atoms with Crippen LogP contribution in [0.2, 0.25) is 0 Å². The minimum atomic E-state index is 0.475. The van der Waals surface area contributed by atoms with Gasteiger partial charge < -0.3 is 5.32 Å². The monoisotopic (exact) mass is 190 g/mol. The van der Waals surface area contributed by atoms with Crippen molar-refractivity contribution in [3.8, 4) is 0 Å². The van der Waals surface area contributed by atoms with E-state index in [0.29, 0.717) is 6.04 Å². The molecule has 0 amide bonds. The van der Waals surface area contributed by atoms with Gasteiger partial charge in [-0.1, -0.05) is 44.5 Å². The molecule has 1 N–H and O–H groups in total. The molecule has 1 atom stereocenters. The molecule has 1 aromatic carbocycles. The Balaban J connectivity index is 2.46. The predicted octanol–water partition coefficient (Wildman–Crippen LogP) is 3.33. The van der Waals surface area contributed by atoms with Crippen molar-refractivity contribution >= 4 is 0 Å². The molecule has 77 valence electrons. The van der Waals surface area contributed by atoms with E-state index >= 15 is 0 Å². The van der Waals surface area contributed by atoms with Gasteiger partial charge in [0, 0.05) is 6.04 Å². The summed E-state index contributed by atoms with van der Waals surface area (Å²) in [5.74, 6) is 0. The lowest BCUT2D eigenvalue weighted by Crippen LogP contribution is -2.21. The van der Waals surface area contributed by atoms with Crippen LogP contribution < -0.4 is 5.32 Å². The zero-order valence-corrected chi connectivity index (χ0v) is 9.22. The SMILES string of the molecule is CCCCNC(CC)c1[c]cccc1. The third-order valence-corrected chi connectivity index (χ3v) is 2.44. The number of unbranched alkanes of at least 4 members (excludes halogenated alkanes) is 1. The predicted molar refractivity (Wildman–Crippen MR) is 61.2 cm³/mol. The third-order valence-electron chi connectivity index (χ3n) is 2.44. The minimum Gasteiger partial charge on any atom is -0.310 e. The van der Waals surface area contributed by atoms with Crippen molar-refractivity contribution in [2.24, 2.45) is 0 Å². The van der Waals surface area contributed by atoms with E-state index in [-0.39, 0.29) is 0 Å². The lowest BCUT2D eigenvalue weighted by Gasteiger charge is -2.16. The highest BCUT2D eigenvalue weighted by molar-refractivity contribution is 5.17. The summed E-state index contributed by atoms with van der Waals surface area (Å²) in [5.41, 5.74) is 1.28. The summed E-state index contributed by atoms with van der Waals surface area (Å²) in [4.78, 5) is 0. The fourth-order valence-electron chi connectivity index (χ4n) is 1.55. The molecule has 0 aliphatic carbocycles. The van der Waals surface area contributed by atoms with Crippen molar-refractivity contribution in [2.75, 3.05) is 6.54 Å². The number of nitrogens with one attached hydrogen (secondary N) is 1. The molecule has 0 aromatic heterocycles. The topological polar surface area (TPSA) is 12.0 Å². The lowest BCUT2D eigenvalue weighted by molar-refractivity contribution is 0.507. The van der Waals surface area contributed by atoms with Crippen molar-refractivity contribution in [1.82, 2.24) is 5.32 Å². The molecule has 0 fully saturated rings. The van der Waals surface area contributed by atoms with E-state index in [2.05, 4.69) is 37.4 Å². The smallest absolute Gasteiger partial charge is 0.0323 e. The van der Waals surface area contributed by atoms with Crippen LogP contribution in [0, 0.1) is 6.07 Å². The van der Waals surface area contributed by atoms with Gasteiger partial charge in [-0.3, -0.25) is 0 Å². The Morgan fingerprint density at radius 3 is 2.79 bits per heavy atom. The van der Waals surface area contributed by atoms with Gasteiger partial charge in [0.15, 0.2) is 0 Å². The van der Waals surface area contributed by atoms with Crippen LogP contribution in [0.15, 0.2) is 24.3 Å². The first-order chi connectivity index (χ1) is 6.88. The van der Waals surface area contributed by atoms with Crippen molar-refractivity contribution in [3.63, 3.8) is 0 Å². The van der Waals surface area contributed by atoms with Crippen LogP contribution in [0.1, 0.15) is 44.7 Å². The molecule has 0 aliphatic rings. The first kappa shape index (κ1) is 11.3. The highest BCUT2D eigenvalue weighted by atomic mass is 14.9. The Hall–Kier alpha value is -0.820. The van der Waals surface area contributed by atoms with E-state index in [1.807, 2.05) is 12.1 Å². The maximum atomic E-state index is 3.56. The number of benzene rings is 1. The van der Waals surface area contributed by atoms with E-state index in [4.69, 9.17) is 0 Å². The van der Waals surface area contributed by atoms with Crippen LogP contribution in [0.4, 0.5) is 0 Å². The second-order valence-corrected chi connectivity index (χ2v) is 3.59. The standard InChI is InChI=1S/C13H20N/c1-3-5-11-14-13(4-2)12-9-7-6-8-10-12/h6-9,13-14H,3-5,11H2,1-2H3. The molecule has 1 aromatic rings. The molecular weight excluding hydrogens is 170 g/mol. The Labute approximate surface area is 87.5 Å². The fraction of sp³-hybridized carbons (Fsp3) is 0.538. The van der Waals surface area contributed by atoms with E-state index < -0.39 is 0 Å². The van der Waals surface area contributed by atoms with E-state index in [1.54, 1.807) is 0 Å². The zero-order chi connectivity index (χ0) is 10.2. The summed E-state index contributed by atoms with van der Waals surface area (Å²) in [7, 11) is 0. The molecule has 0 bridgehead atoms. The molecule has 0 aliphatic heterocycles. The van der Waals surface area contributed by atoms with Crippen LogP contribution in [0.5, 0.6) is 0 Å². The van der Waals surface area contributed by atoms with Crippen molar-refractivity contribution in [1.29, 1.82) is 0 Å². The summed E-state index contributed by atoms with van der Waals surface area (Å²) in [6.45, 7) is 5.54. The van der Waals surface area contributed by atoms with Crippen LogP contribution in [-0.4, -0.2) is 6.54 Å². The Bertz CT molecular complexity index is 230. The summed E-state index contributed by atoms with van der Waals surface area (Å²) in [6, 6.07) is 12.0. The Morgan fingerprint density at radius 2 is 2.21 bits per heavy atom. The second kappa shape index (κ2) is 6.61. The van der Waals surface area contributed by atoms with Crippen LogP contribution in [0.3, 0.4) is 0 Å². The second-order valence-electron chi connectivity index (χ2n) is 3.59. The lowest BCUT2D eigenvalue weighted by atomic mass is 10.0. The maximum Gasteiger partial charge on any atom is 0.0323 e. The quantitative estimate of drug-likeness (QED) is 0.678. The molecule has 0 heterocycles. The zero-order valence-electron chi connectivity index (χ0n) is 9.22. The highest BCUT2D eigenvalue weighted by Gasteiger charge is 2.06. The first-order valence-electron chi connectivity index (χ1n) is 5.58. The average Bonchev–Trinajstić information content (AvgIpc) is 2.26. The van der Waals surface area contributed by atoms with Crippen molar-refractivity contribution in [2.45, 2.75) is 39.2 Å². The van der Waals surface area contributed by atoms with E-state index in [1.165, 1.54) is 18.4 Å². The summed E-state index contributed by atoms with van der Waals surface area (Å²) < 4.78 is 0. The maximum absolute atomic E-state index is 3.56. The molecule has 14 heavy (non-hydrogen) atoms. The minimum absolute atomic E-state index is 0.475. The number of rotatable bonds is 6. The molecule has 0 spiro atoms. The number of hydrogen-bond donors (Lipinski definition) is 1. The molecule has 1 heteroatoms. The summed E-state index contributed by atoms with van der Waals surface area (Å²) in [5, 5.41) is 3.56. The van der Waals surface area contributed by atoms with Crippen molar-refractivity contribution < 1.29 is 0 Å². The van der Waals surface area contributed by atoms with Gasteiger partial charge in [0.2, 0.25) is 0 Å². The highest BCUT2D eigenvalue weighted by Crippen LogP contribution is 2.14. The largest absolute Gasteiger partial charge is 0.310 e. The van der Waals surface area contributed by atoms with Gasteiger partial charge in [-0.05, 0) is 31.0 Å². The third kappa shape index (κ3) is 3.51. The van der Waals surface area contributed by atoms with Gasteiger partial charge >= 0.3 is 0 Å². The van der Waals surface area contributed by atoms with Gasteiger partial charge in [-0.15, -0.1) is 0 Å². The van der Waals surface area contributed by atoms with Gasteiger partial charge in [-0.25, -0.2) is 0 Å². The molecule has 1 rings (SSSR count). The molecule has 1 unspecified atom stereocenters. The molecule has 0 saturated heterocycles. The van der Waals surface area contributed by atoms with Crippen molar-refractivity contribution in [3.05, 3.63) is 35.9 Å².